The molecule has 2 aromatic rings. The molecule has 1 N–H and O–H groups in total. The van der Waals surface area contributed by atoms with Crippen LogP contribution in [-0.2, 0) is 7.05 Å². The molecule has 0 aliphatic carbocycles. The van der Waals surface area contributed by atoms with Crippen LogP contribution in [0.25, 0.3) is 0 Å². The Balaban J connectivity index is 2.50. The summed E-state index contributed by atoms with van der Waals surface area (Å²) in [7, 11) is 1.58. The molecule has 8 nitrogen and oxygen atoms in total. The number of imidazole rings is 1. The molecule has 1 aromatic carbocycles. The van der Waals surface area contributed by atoms with Gasteiger partial charge in [-0.15, -0.1) is 0 Å². The molecule has 0 saturated heterocycles. The van der Waals surface area contributed by atoms with Crippen molar-refractivity contribution in [1.82, 2.24) is 9.55 Å². The Hall–Kier alpha value is -2.17. The fourth-order valence-corrected chi connectivity index (χ4v) is 2.07. The van der Waals surface area contributed by atoms with Gasteiger partial charge in [0, 0.05) is 14.0 Å². The minimum absolute atomic E-state index is 0.0342. The zero-order valence-electron chi connectivity index (χ0n) is 11.0. The van der Waals surface area contributed by atoms with E-state index < -0.39 is 16.7 Å². The summed E-state index contributed by atoms with van der Waals surface area (Å²) in [4.78, 5) is 25.1. The highest BCUT2D eigenvalue weighted by molar-refractivity contribution is 14.1. The van der Waals surface area contributed by atoms with Gasteiger partial charge in [0.25, 0.3) is 0 Å². The van der Waals surface area contributed by atoms with Crippen LogP contribution >= 0.6 is 22.6 Å². The Morgan fingerprint density at radius 1 is 1.52 bits per heavy atom. The lowest BCUT2D eigenvalue weighted by Gasteiger charge is -2.08. The Morgan fingerprint density at radius 2 is 2.19 bits per heavy atom. The predicted molar refractivity (Wildman–Crippen MR) is 80.8 cm³/mol. The van der Waals surface area contributed by atoms with Crippen LogP contribution < -0.4 is 4.74 Å². The molecule has 0 amide bonds. The summed E-state index contributed by atoms with van der Waals surface area (Å²) in [6.45, 7) is 1.61. The summed E-state index contributed by atoms with van der Waals surface area (Å²) in [5.74, 6) is -0.917. The Kier molecular flexibility index (Phi) is 4.11. The number of hydrogen-bond donors (Lipinski definition) is 1. The van der Waals surface area contributed by atoms with Gasteiger partial charge in [0.2, 0.25) is 5.82 Å². The van der Waals surface area contributed by atoms with E-state index in [-0.39, 0.29) is 17.2 Å². The third-order valence-electron chi connectivity index (χ3n) is 2.81. The standard InChI is InChI=1S/C12H10IN3O5/c1-6-14-10(16(19)20)11(15(6)2)21-9-5-7(12(17)18)3-4-8(9)13/h3-5H,1-2H3,(H,17,18). The van der Waals surface area contributed by atoms with Gasteiger partial charge in [0.15, 0.2) is 0 Å². The van der Waals surface area contributed by atoms with Crippen LogP contribution in [0.2, 0.25) is 0 Å². The van der Waals surface area contributed by atoms with Crippen molar-refractivity contribution in [3.05, 3.63) is 43.3 Å². The lowest BCUT2D eigenvalue weighted by Crippen LogP contribution is -2.01. The number of halogens is 1. The van der Waals surface area contributed by atoms with E-state index in [1.54, 1.807) is 20.0 Å². The minimum atomic E-state index is -1.10. The quantitative estimate of drug-likeness (QED) is 0.478. The van der Waals surface area contributed by atoms with Crippen molar-refractivity contribution in [2.45, 2.75) is 6.92 Å². The average molecular weight is 403 g/mol. The van der Waals surface area contributed by atoms with Gasteiger partial charge in [0.1, 0.15) is 5.75 Å². The van der Waals surface area contributed by atoms with Gasteiger partial charge in [-0.25, -0.2) is 4.79 Å². The van der Waals surface area contributed by atoms with Crippen molar-refractivity contribution >= 4 is 34.4 Å². The number of aromatic nitrogens is 2. The van der Waals surface area contributed by atoms with Crippen molar-refractivity contribution in [3.63, 3.8) is 0 Å². The van der Waals surface area contributed by atoms with Gasteiger partial charge in [-0.3, -0.25) is 4.57 Å². The van der Waals surface area contributed by atoms with Crippen molar-refractivity contribution < 1.29 is 19.6 Å². The smallest absolute Gasteiger partial charge is 0.427 e. The molecule has 0 unspecified atom stereocenters. The zero-order valence-corrected chi connectivity index (χ0v) is 13.2. The second kappa shape index (κ2) is 5.68. The van der Waals surface area contributed by atoms with E-state index in [9.17, 15) is 14.9 Å². The third-order valence-corrected chi connectivity index (χ3v) is 3.70. The number of carboxylic acids is 1. The second-order valence-electron chi connectivity index (χ2n) is 4.16. The predicted octanol–water partition coefficient (Wildman–Crippen LogP) is 2.73. The Morgan fingerprint density at radius 3 is 2.76 bits per heavy atom. The molecule has 0 aliphatic heterocycles. The second-order valence-corrected chi connectivity index (χ2v) is 5.32. The van der Waals surface area contributed by atoms with Crippen molar-refractivity contribution in [1.29, 1.82) is 0 Å². The zero-order chi connectivity index (χ0) is 15.7. The van der Waals surface area contributed by atoms with E-state index in [0.29, 0.717) is 9.39 Å². The number of carboxylic acid groups (broad SMARTS) is 1. The van der Waals surface area contributed by atoms with E-state index in [1.807, 2.05) is 22.6 Å². The molecular formula is C12H10IN3O5. The van der Waals surface area contributed by atoms with E-state index >= 15 is 0 Å². The lowest BCUT2D eigenvalue weighted by molar-refractivity contribution is -0.390. The first-order valence-corrected chi connectivity index (χ1v) is 6.77. The first-order valence-electron chi connectivity index (χ1n) is 5.69. The van der Waals surface area contributed by atoms with Gasteiger partial charge in [-0.1, -0.05) is 0 Å². The van der Waals surface area contributed by atoms with Crippen LogP contribution in [0.3, 0.4) is 0 Å². The maximum absolute atomic E-state index is 11.0. The van der Waals surface area contributed by atoms with Crippen LogP contribution in [0.15, 0.2) is 18.2 Å². The molecule has 0 spiro atoms. The van der Waals surface area contributed by atoms with Crippen molar-refractivity contribution in [2.75, 3.05) is 0 Å². The maximum Gasteiger partial charge on any atom is 0.427 e. The van der Waals surface area contributed by atoms with Gasteiger partial charge in [-0.05, 0) is 50.7 Å². The number of benzene rings is 1. The summed E-state index contributed by atoms with van der Waals surface area (Å²) in [6.07, 6.45) is 0. The molecule has 1 aromatic heterocycles. The van der Waals surface area contributed by atoms with Crippen molar-refractivity contribution in [2.24, 2.45) is 7.05 Å². The first-order chi connectivity index (χ1) is 9.81. The molecule has 0 saturated carbocycles. The molecule has 110 valence electrons. The van der Waals surface area contributed by atoms with Crippen LogP contribution in [0.4, 0.5) is 5.82 Å². The van der Waals surface area contributed by atoms with Gasteiger partial charge in [-0.2, -0.15) is 0 Å². The highest BCUT2D eigenvalue weighted by Crippen LogP contribution is 2.33. The monoisotopic (exact) mass is 403 g/mol. The number of ether oxygens (including phenoxy) is 1. The number of aryl methyl sites for hydroxylation is 1. The van der Waals surface area contributed by atoms with Crippen LogP contribution in [0, 0.1) is 20.6 Å². The number of nitrogens with zero attached hydrogens (tertiary/aromatic N) is 3. The Labute approximate surface area is 132 Å². The fourth-order valence-electron chi connectivity index (χ4n) is 1.62. The van der Waals surface area contributed by atoms with E-state index in [4.69, 9.17) is 9.84 Å². The van der Waals surface area contributed by atoms with Crippen LogP contribution in [-0.4, -0.2) is 25.6 Å². The molecule has 0 bridgehead atoms. The average Bonchev–Trinajstić information content (AvgIpc) is 2.69. The molecule has 0 atom stereocenters. The molecule has 21 heavy (non-hydrogen) atoms. The number of rotatable bonds is 4. The van der Waals surface area contributed by atoms with Gasteiger partial charge in [0.05, 0.1) is 9.13 Å². The lowest BCUT2D eigenvalue weighted by atomic mass is 10.2. The summed E-state index contributed by atoms with van der Waals surface area (Å²) >= 11 is 1.96. The molecule has 0 radical (unpaired) electrons. The highest BCUT2D eigenvalue weighted by atomic mass is 127. The number of carbonyl (C=O) groups is 1. The third kappa shape index (κ3) is 2.96. The topological polar surface area (TPSA) is 107 Å². The van der Waals surface area contributed by atoms with E-state index in [2.05, 4.69) is 4.98 Å². The van der Waals surface area contributed by atoms with Crippen LogP contribution in [0.1, 0.15) is 16.2 Å². The highest BCUT2D eigenvalue weighted by Gasteiger charge is 2.26. The summed E-state index contributed by atoms with van der Waals surface area (Å²) in [5.41, 5.74) is 0.0342. The number of nitro groups is 1. The van der Waals surface area contributed by atoms with Crippen molar-refractivity contribution in [3.8, 4) is 11.6 Å². The summed E-state index contributed by atoms with van der Waals surface area (Å²) in [5, 5.41) is 20.0. The first kappa shape index (κ1) is 15.2. The Bertz CT molecular complexity index is 741. The minimum Gasteiger partial charge on any atom is -0.478 e. The largest absolute Gasteiger partial charge is 0.478 e. The number of aromatic carboxylic acids is 1. The normalized spacial score (nSPS) is 10.4. The molecule has 1 heterocycles. The molecule has 0 aliphatic rings. The van der Waals surface area contributed by atoms with Gasteiger partial charge >= 0.3 is 17.7 Å². The van der Waals surface area contributed by atoms with Crippen LogP contribution in [0.5, 0.6) is 11.6 Å². The molecular weight excluding hydrogens is 393 g/mol. The van der Waals surface area contributed by atoms with E-state index in [1.165, 1.54) is 16.7 Å². The molecule has 0 fully saturated rings. The fraction of sp³-hybridized carbons (Fsp3) is 0.167. The summed E-state index contributed by atoms with van der Waals surface area (Å²) in [6, 6.07) is 4.31. The van der Waals surface area contributed by atoms with E-state index in [0.717, 1.165) is 0 Å². The maximum atomic E-state index is 11.0. The molecule has 9 heteroatoms. The van der Waals surface area contributed by atoms with Gasteiger partial charge < -0.3 is 20.0 Å². The number of hydrogen-bond acceptors (Lipinski definition) is 5. The SMILES string of the molecule is Cc1nc([N+](=O)[O-])c(Oc2cc(C(=O)O)ccc2I)n1C. The molecule has 2 rings (SSSR count). The summed E-state index contributed by atoms with van der Waals surface area (Å²) < 4.78 is 7.59.